The third-order valence-electron chi connectivity index (χ3n) is 4.13. The van der Waals surface area contributed by atoms with Crippen LogP contribution in [0.4, 0.5) is 21.0 Å². The molecule has 26 heavy (non-hydrogen) atoms. The van der Waals surface area contributed by atoms with Crippen LogP contribution in [0.15, 0.2) is 41.8 Å². The molecule has 1 aromatic heterocycles. The molecule has 0 bridgehead atoms. The Bertz CT molecular complexity index is 764. The average molecular weight is 374 g/mol. The molecule has 2 N–H and O–H groups in total. The molecular weight excluding hydrogens is 352 g/mol. The van der Waals surface area contributed by atoms with Crippen molar-refractivity contribution in [1.82, 2.24) is 10.2 Å². The Labute approximate surface area is 156 Å². The monoisotopic (exact) mass is 374 g/mol. The number of cyclic esters (lactones) is 1. The summed E-state index contributed by atoms with van der Waals surface area (Å²) in [4.78, 5) is 28.7. The highest BCUT2D eigenvalue weighted by Crippen LogP contribution is 2.23. The van der Waals surface area contributed by atoms with E-state index in [1.54, 1.807) is 34.4 Å². The lowest BCUT2D eigenvalue weighted by Gasteiger charge is -2.23. The van der Waals surface area contributed by atoms with Gasteiger partial charge in [-0.2, -0.15) is 0 Å². The Morgan fingerprint density at radius 2 is 2.19 bits per heavy atom. The van der Waals surface area contributed by atoms with Crippen LogP contribution in [0.3, 0.4) is 0 Å². The van der Waals surface area contributed by atoms with Gasteiger partial charge in [-0.05, 0) is 43.7 Å². The van der Waals surface area contributed by atoms with Gasteiger partial charge in [0.15, 0.2) is 0 Å². The molecule has 0 aliphatic carbocycles. The third-order valence-corrected chi connectivity index (χ3v) is 5.10. The smallest absolute Gasteiger partial charge is 0.414 e. The molecule has 8 heteroatoms. The highest BCUT2D eigenvalue weighted by Gasteiger charge is 2.23. The third kappa shape index (κ3) is 4.33. The number of hydrogen-bond donors (Lipinski definition) is 2. The fourth-order valence-electron chi connectivity index (χ4n) is 2.76. The van der Waals surface area contributed by atoms with Crippen LogP contribution < -0.4 is 15.5 Å². The molecule has 1 saturated heterocycles. The standard InChI is InChI=1S/C18H22N4O3S/c1-21(2)15(16-7-4-10-26-16)12-19-17(23)20-13-5-3-6-14(11-13)22-8-9-25-18(22)24/h3-7,10-11,15H,8-9,12H2,1-2H3,(H2,19,20,23). The molecule has 0 radical (unpaired) electrons. The number of likely N-dealkylation sites (N-methyl/N-ethyl adjacent to an activating group) is 1. The summed E-state index contributed by atoms with van der Waals surface area (Å²) in [5, 5.41) is 7.75. The van der Waals surface area contributed by atoms with Crippen molar-refractivity contribution in [3.8, 4) is 0 Å². The van der Waals surface area contributed by atoms with Gasteiger partial charge in [-0.25, -0.2) is 9.59 Å². The maximum atomic E-state index is 12.3. The van der Waals surface area contributed by atoms with Gasteiger partial charge in [0.1, 0.15) is 6.61 Å². The van der Waals surface area contributed by atoms with Crippen LogP contribution in [0, 0.1) is 0 Å². The number of anilines is 2. The van der Waals surface area contributed by atoms with Crippen molar-refractivity contribution < 1.29 is 14.3 Å². The first-order valence-electron chi connectivity index (χ1n) is 8.33. The first-order chi connectivity index (χ1) is 12.5. The molecule has 2 aromatic rings. The highest BCUT2D eigenvalue weighted by molar-refractivity contribution is 7.10. The minimum atomic E-state index is -0.364. The SMILES string of the molecule is CN(C)C(CNC(=O)Nc1cccc(N2CCOC2=O)c1)c1cccs1. The van der Waals surface area contributed by atoms with Crippen LogP contribution in [0.5, 0.6) is 0 Å². The summed E-state index contributed by atoms with van der Waals surface area (Å²) in [6, 6.07) is 11.1. The largest absolute Gasteiger partial charge is 0.447 e. The van der Waals surface area contributed by atoms with E-state index in [9.17, 15) is 9.59 Å². The van der Waals surface area contributed by atoms with Gasteiger partial charge >= 0.3 is 12.1 Å². The van der Waals surface area contributed by atoms with Crippen LogP contribution >= 0.6 is 11.3 Å². The zero-order valence-electron chi connectivity index (χ0n) is 14.8. The topological polar surface area (TPSA) is 73.9 Å². The van der Waals surface area contributed by atoms with Gasteiger partial charge in [0.25, 0.3) is 0 Å². The zero-order chi connectivity index (χ0) is 18.5. The summed E-state index contributed by atoms with van der Waals surface area (Å²) in [7, 11) is 3.98. The number of rotatable bonds is 6. The van der Waals surface area contributed by atoms with E-state index >= 15 is 0 Å². The molecule has 1 aromatic carbocycles. The molecule has 2 heterocycles. The van der Waals surface area contributed by atoms with Crippen LogP contribution in [-0.4, -0.2) is 50.8 Å². The second-order valence-corrected chi connectivity index (χ2v) is 7.13. The maximum absolute atomic E-state index is 12.3. The number of carbonyl (C=O) groups excluding carboxylic acids is 2. The minimum absolute atomic E-state index is 0.117. The Hall–Kier alpha value is -2.58. The van der Waals surface area contributed by atoms with Crippen molar-refractivity contribution in [2.75, 3.05) is 44.0 Å². The van der Waals surface area contributed by atoms with E-state index < -0.39 is 0 Å². The summed E-state index contributed by atoms with van der Waals surface area (Å²) >= 11 is 1.67. The van der Waals surface area contributed by atoms with E-state index in [0.29, 0.717) is 31.1 Å². The normalized spacial score (nSPS) is 15.0. The quantitative estimate of drug-likeness (QED) is 0.815. The van der Waals surface area contributed by atoms with Crippen LogP contribution in [0.25, 0.3) is 0 Å². The number of nitrogens with zero attached hydrogens (tertiary/aromatic N) is 2. The summed E-state index contributed by atoms with van der Waals surface area (Å²) in [5.74, 6) is 0. The van der Waals surface area contributed by atoms with Gasteiger partial charge in [0.05, 0.1) is 12.6 Å². The number of hydrogen-bond acceptors (Lipinski definition) is 5. The van der Waals surface area contributed by atoms with E-state index in [4.69, 9.17) is 4.74 Å². The molecule has 0 saturated carbocycles. The van der Waals surface area contributed by atoms with Crippen LogP contribution in [0.2, 0.25) is 0 Å². The zero-order valence-corrected chi connectivity index (χ0v) is 15.6. The predicted molar refractivity (Wildman–Crippen MR) is 103 cm³/mol. The maximum Gasteiger partial charge on any atom is 0.414 e. The first-order valence-corrected chi connectivity index (χ1v) is 9.21. The van der Waals surface area contributed by atoms with E-state index in [-0.39, 0.29) is 18.2 Å². The fourth-order valence-corrected chi connectivity index (χ4v) is 3.69. The molecule has 138 valence electrons. The lowest BCUT2D eigenvalue weighted by molar-refractivity contribution is 0.181. The number of thiophene rings is 1. The molecule has 1 fully saturated rings. The molecule has 1 atom stereocenters. The summed E-state index contributed by atoms with van der Waals surface area (Å²) < 4.78 is 4.95. The summed E-state index contributed by atoms with van der Waals surface area (Å²) in [6.45, 7) is 1.39. The average Bonchev–Trinajstić information content (AvgIpc) is 3.27. The Morgan fingerprint density at radius 3 is 2.85 bits per heavy atom. The molecule has 3 rings (SSSR count). The van der Waals surface area contributed by atoms with Crippen molar-refractivity contribution in [1.29, 1.82) is 0 Å². The molecular formula is C18H22N4O3S. The molecule has 1 unspecified atom stereocenters. The van der Waals surface area contributed by atoms with E-state index in [0.717, 1.165) is 0 Å². The van der Waals surface area contributed by atoms with Crippen molar-refractivity contribution in [3.05, 3.63) is 46.7 Å². The summed E-state index contributed by atoms with van der Waals surface area (Å²) in [6.07, 6.45) is -0.364. The number of nitrogens with one attached hydrogen (secondary N) is 2. The minimum Gasteiger partial charge on any atom is -0.447 e. The molecule has 0 spiro atoms. The Morgan fingerprint density at radius 1 is 1.35 bits per heavy atom. The first kappa shape index (κ1) is 18.2. The number of benzene rings is 1. The van der Waals surface area contributed by atoms with Crippen LogP contribution in [0.1, 0.15) is 10.9 Å². The molecule has 1 aliphatic heterocycles. The molecule has 3 amide bonds. The van der Waals surface area contributed by atoms with E-state index in [1.165, 1.54) is 4.88 Å². The van der Waals surface area contributed by atoms with Crippen LogP contribution in [-0.2, 0) is 4.74 Å². The Balaban J connectivity index is 1.59. The number of carbonyl (C=O) groups is 2. The number of urea groups is 1. The molecule has 7 nitrogen and oxygen atoms in total. The van der Waals surface area contributed by atoms with Crippen molar-refractivity contribution in [2.45, 2.75) is 6.04 Å². The van der Waals surface area contributed by atoms with Crippen molar-refractivity contribution in [3.63, 3.8) is 0 Å². The number of amides is 3. The van der Waals surface area contributed by atoms with E-state index in [1.807, 2.05) is 31.6 Å². The highest BCUT2D eigenvalue weighted by atomic mass is 32.1. The predicted octanol–water partition coefficient (Wildman–Crippen LogP) is 3.13. The van der Waals surface area contributed by atoms with Gasteiger partial charge in [0, 0.05) is 22.8 Å². The second-order valence-electron chi connectivity index (χ2n) is 6.15. The van der Waals surface area contributed by atoms with Gasteiger partial charge in [-0.15, -0.1) is 11.3 Å². The van der Waals surface area contributed by atoms with Gasteiger partial charge < -0.3 is 20.3 Å². The lowest BCUT2D eigenvalue weighted by atomic mass is 10.2. The fraction of sp³-hybridized carbons (Fsp3) is 0.333. The van der Waals surface area contributed by atoms with E-state index in [2.05, 4.69) is 21.6 Å². The van der Waals surface area contributed by atoms with Gasteiger partial charge in [0.2, 0.25) is 0 Å². The van der Waals surface area contributed by atoms with Crippen molar-refractivity contribution in [2.24, 2.45) is 0 Å². The number of ether oxygens (including phenoxy) is 1. The lowest BCUT2D eigenvalue weighted by Crippen LogP contribution is -2.36. The second kappa shape index (κ2) is 8.20. The Kier molecular flexibility index (Phi) is 5.75. The summed E-state index contributed by atoms with van der Waals surface area (Å²) in [5.41, 5.74) is 1.33. The van der Waals surface area contributed by atoms with Gasteiger partial charge in [-0.3, -0.25) is 4.90 Å². The molecule has 1 aliphatic rings. The van der Waals surface area contributed by atoms with Crippen molar-refractivity contribution >= 4 is 34.8 Å². The van der Waals surface area contributed by atoms with Gasteiger partial charge in [-0.1, -0.05) is 12.1 Å².